The summed E-state index contributed by atoms with van der Waals surface area (Å²) in [6.07, 6.45) is 0. The molecule has 0 unspecified atom stereocenters. The van der Waals surface area contributed by atoms with Crippen LogP contribution in [0.4, 0.5) is 11.4 Å². The summed E-state index contributed by atoms with van der Waals surface area (Å²) in [5.41, 5.74) is 2.49. The van der Waals surface area contributed by atoms with Crippen molar-refractivity contribution in [2.24, 2.45) is 5.84 Å². The minimum atomic E-state index is -0.228. The first-order valence-corrected chi connectivity index (χ1v) is 5.80. The minimum absolute atomic E-state index is 0.0723. The van der Waals surface area contributed by atoms with E-state index in [0.29, 0.717) is 22.5 Å². The third-order valence-corrected chi connectivity index (χ3v) is 2.95. The normalized spacial score (nSPS) is 10.5. The van der Waals surface area contributed by atoms with Gasteiger partial charge in [0.2, 0.25) is 0 Å². The van der Waals surface area contributed by atoms with Crippen LogP contribution in [0.2, 0.25) is 0 Å². The maximum absolute atomic E-state index is 9.50. The van der Waals surface area contributed by atoms with Crippen LogP contribution in [0.25, 0.3) is 0 Å². The van der Waals surface area contributed by atoms with Gasteiger partial charge in [-0.05, 0) is 48.9 Å². The van der Waals surface area contributed by atoms with Crippen LogP contribution in [0.5, 0.6) is 11.5 Å². The van der Waals surface area contributed by atoms with Gasteiger partial charge in [-0.15, -0.1) is 0 Å². The number of nitrogens with zero attached hydrogens (tertiary/aromatic N) is 1. The van der Waals surface area contributed by atoms with Crippen LogP contribution < -0.4 is 10.9 Å². The molecular formula is C14H16N2O3. The van der Waals surface area contributed by atoms with Gasteiger partial charge in [0.05, 0.1) is 18.0 Å². The van der Waals surface area contributed by atoms with Crippen LogP contribution in [0, 0.1) is 6.92 Å². The summed E-state index contributed by atoms with van der Waals surface area (Å²) in [4.78, 5) is 0. The number of rotatable bonds is 3. The van der Waals surface area contributed by atoms with Gasteiger partial charge >= 0.3 is 0 Å². The topological polar surface area (TPSA) is 90.0 Å². The summed E-state index contributed by atoms with van der Waals surface area (Å²) in [5, 5.41) is 29.6. The highest BCUT2D eigenvalue weighted by Crippen LogP contribution is 2.30. The Bertz CT molecular complexity index is 599. The Morgan fingerprint density at radius 1 is 1.11 bits per heavy atom. The minimum Gasteiger partial charge on any atom is -0.508 e. The highest BCUT2D eigenvalue weighted by Gasteiger charge is 2.11. The van der Waals surface area contributed by atoms with Gasteiger partial charge in [-0.3, -0.25) is 5.01 Å². The van der Waals surface area contributed by atoms with Crippen LogP contribution in [0.3, 0.4) is 0 Å². The van der Waals surface area contributed by atoms with E-state index >= 15 is 0 Å². The smallest absolute Gasteiger partial charge is 0.118 e. The summed E-state index contributed by atoms with van der Waals surface area (Å²) in [5.74, 6) is 6.29. The Morgan fingerprint density at radius 3 is 2.47 bits per heavy atom. The molecular weight excluding hydrogens is 244 g/mol. The molecule has 100 valence electrons. The molecule has 0 fully saturated rings. The lowest BCUT2D eigenvalue weighted by atomic mass is 10.1. The van der Waals surface area contributed by atoms with Gasteiger partial charge in [0.1, 0.15) is 11.5 Å². The van der Waals surface area contributed by atoms with E-state index in [4.69, 9.17) is 5.84 Å². The van der Waals surface area contributed by atoms with Gasteiger partial charge in [0, 0.05) is 5.56 Å². The predicted octanol–water partition coefficient (Wildman–Crippen LogP) is 1.91. The van der Waals surface area contributed by atoms with Crippen molar-refractivity contribution >= 4 is 11.4 Å². The zero-order valence-corrected chi connectivity index (χ0v) is 10.5. The SMILES string of the molecule is Cc1cc(N(N)c2ccc(O)cc2CO)ccc1O. The number of hydrogen-bond donors (Lipinski definition) is 4. The predicted molar refractivity (Wildman–Crippen MR) is 73.2 cm³/mol. The molecule has 0 aliphatic heterocycles. The van der Waals surface area contributed by atoms with E-state index in [0.717, 1.165) is 0 Å². The molecule has 0 aliphatic rings. The van der Waals surface area contributed by atoms with E-state index in [1.165, 1.54) is 17.1 Å². The molecule has 0 heterocycles. The van der Waals surface area contributed by atoms with E-state index in [-0.39, 0.29) is 18.1 Å². The number of nitrogens with two attached hydrogens (primary N) is 1. The van der Waals surface area contributed by atoms with Crippen LogP contribution >= 0.6 is 0 Å². The number of aliphatic hydroxyl groups excluding tert-OH is 1. The molecule has 2 aromatic carbocycles. The summed E-state index contributed by atoms with van der Waals surface area (Å²) < 4.78 is 0. The molecule has 19 heavy (non-hydrogen) atoms. The lowest BCUT2D eigenvalue weighted by Gasteiger charge is -2.22. The van der Waals surface area contributed by atoms with Crippen LogP contribution in [-0.4, -0.2) is 15.3 Å². The van der Waals surface area contributed by atoms with E-state index in [9.17, 15) is 15.3 Å². The standard InChI is InChI=1S/C14H16N2O3/c1-9-6-11(2-5-14(9)19)16(15)13-4-3-12(18)7-10(13)8-17/h2-7,17-19H,8,15H2,1H3. The number of aliphatic hydroxyl groups is 1. The molecule has 2 rings (SSSR count). The van der Waals surface area contributed by atoms with Crippen LogP contribution in [0.15, 0.2) is 36.4 Å². The maximum Gasteiger partial charge on any atom is 0.118 e. The zero-order valence-electron chi connectivity index (χ0n) is 10.5. The Hall–Kier alpha value is -2.24. The highest BCUT2D eigenvalue weighted by molar-refractivity contribution is 5.67. The molecule has 0 aromatic heterocycles. The largest absolute Gasteiger partial charge is 0.508 e. The monoisotopic (exact) mass is 260 g/mol. The van der Waals surface area contributed by atoms with Crippen molar-refractivity contribution in [2.75, 3.05) is 5.01 Å². The second-order valence-corrected chi connectivity index (χ2v) is 4.31. The Morgan fingerprint density at radius 2 is 1.84 bits per heavy atom. The second-order valence-electron chi connectivity index (χ2n) is 4.31. The van der Waals surface area contributed by atoms with Gasteiger partial charge in [0.15, 0.2) is 0 Å². The zero-order chi connectivity index (χ0) is 14.0. The molecule has 0 bridgehead atoms. The number of anilines is 2. The average Bonchev–Trinajstić information content (AvgIpc) is 2.41. The van der Waals surface area contributed by atoms with Crippen molar-refractivity contribution in [2.45, 2.75) is 13.5 Å². The van der Waals surface area contributed by atoms with E-state index < -0.39 is 0 Å². The van der Waals surface area contributed by atoms with Crippen LogP contribution in [0.1, 0.15) is 11.1 Å². The first kappa shape index (κ1) is 13.2. The van der Waals surface area contributed by atoms with Crippen LogP contribution in [-0.2, 0) is 6.61 Å². The molecule has 0 amide bonds. The Balaban J connectivity index is 2.43. The lowest BCUT2D eigenvalue weighted by molar-refractivity contribution is 0.281. The van der Waals surface area contributed by atoms with Crippen molar-refractivity contribution in [3.63, 3.8) is 0 Å². The van der Waals surface area contributed by atoms with Gasteiger partial charge in [0.25, 0.3) is 0 Å². The fraction of sp³-hybridized carbons (Fsp3) is 0.143. The average molecular weight is 260 g/mol. The van der Waals surface area contributed by atoms with E-state index in [1.807, 2.05) is 0 Å². The third-order valence-electron chi connectivity index (χ3n) is 2.95. The molecule has 0 spiro atoms. The van der Waals surface area contributed by atoms with Crippen molar-refractivity contribution < 1.29 is 15.3 Å². The number of phenolic OH excluding ortho intramolecular Hbond substituents is 2. The van der Waals surface area contributed by atoms with E-state index in [1.54, 1.807) is 31.2 Å². The van der Waals surface area contributed by atoms with Gasteiger partial charge < -0.3 is 15.3 Å². The van der Waals surface area contributed by atoms with Crippen molar-refractivity contribution in [1.29, 1.82) is 0 Å². The first-order chi connectivity index (χ1) is 9.02. The lowest BCUT2D eigenvalue weighted by Crippen LogP contribution is -2.26. The maximum atomic E-state index is 9.50. The van der Waals surface area contributed by atoms with E-state index in [2.05, 4.69) is 0 Å². The van der Waals surface area contributed by atoms with Gasteiger partial charge in [-0.2, -0.15) is 0 Å². The molecule has 0 atom stereocenters. The fourth-order valence-corrected chi connectivity index (χ4v) is 1.86. The molecule has 0 saturated heterocycles. The van der Waals surface area contributed by atoms with Crippen molar-refractivity contribution in [3.8, 4) is 11.5 Å². The number of hydrazine groups is 1. The summed E-state index contributed by atoms with van der Waals surface area (Å²) in [7, 11) is 0. The summed E-state index contributed by atoms with van der Waals surface area (Å²) >= 11 is 0. The molecule has 0 radical (unpaired) electrons. The van der Waals surface area contributed by atoms with Gasteiger partial charge in [-0.25, -0.2) is 5.84 Å². The molecule has 2 aromatic rings. The number of aryl methyl sites for hydroxylation is 1. The Kier molecular flexibility index (Phi) is 3.59. The number of aromatic hydroxyl groups is 2. The van der Waals surface area contributed by atoms with Gasteiger partial charge in [-0.1, -0.05) is 0 Å². The Labute approximate surface area is 111 Å². The molecule has 0 aliphatic carbocycles. The molecule has 5 nitrogen and oxygen atoms in total. The second kappa shape index (κ2) is 5.17. The quantitative estimate of drug-likeness (QED) is 0.500. The summed E-state index contributed by atoms with van der Waals surface area (Å²) in [6, 6.07) is 9.57. The first-order valence-electron chi connectivity index (χ1n) is 5.80. The number of hydrogen-bond acceptors (Lipinski definition) is 5. The fourth-order valence-electron chi connectivity index (χ4n) is 1.86. The third kappa shape index (κ3) is 2.62. The highest BCUT2D eigenvalue weighted by atomic mass is 16.3. The molecule has 5 heteroatoms. The van der Waals surface area contributed by atoms with Crippen molar-refractivity contribution in [3.05, 3.63) is 47.5 Å². The number of benzene rings is 2. The van der Waals surface area contributed by atoms with Crippen molar-refractivity contribution in [1.82, 2.24) is 0 Å². The number of phenols is 2. The summed E-state index contributed by atoms with van der Waals surface area (Å²) in [6.45, 7) is 1.55. The molecule has 0 saturated carbocycles. The molecule has 5 N–H and O–H groups in total.